The average Bonchev–Trinajstić information content (AvgIpc) is 2.89. The van der Waals surface area contributed by atoms with E-state index in [0.717, 1.165) is 6.42 Å². The van der Waals surface area contributed by atoms with Gasteiger partial charge in [-0.05, 0) is 12.1 Å². The van der Waals surface area contributed by atoms with Gasteiger partial charge in [-0.2, -0.15) is 0 Å². The van der Waals surface area contributed by atoms with Crippen LogP contribution in [0.2, 0.25) is 0 Å². The van der Waals surface area contributed by atoms with Crippen LogP contribution in [0.5, 0.6) is 11.5 Å². The highest BCUT2D eigenvalue weighted by Crippen LogP contribution is 2.31. The lowest BCUT2D eigenvalue weighted by Crippen LogP contribution is -2.32. The van der Waals surface area contributed by atoms with Crippen molar-refractivity contribution in [2.24, 2.45) is 0 Å². The van der Waals surface area contributed by atoms with E-state index in [9.17, 15) is 13.2 Å². The van der Waals surface area contributed by atoms with Gasteiger partial charge in [0.1, 0.15) is 0 Å². The van der Waals surface area contributed by atoms with Crippen molar-refractivity contribution in [2.45, 2.75) is 17.7 Å². The molecule has 0 aromatic heterocycles. The summed E-state index contributed by atoms with van der Waals surface area (Å²) in [5, 5.41) is 2.66. The molecule has 1 aromatic rings. The number of nitrogens with one attached hydrogen (secondary N) is 2. The van der Waals surface area contributed by atoms with Gasteiger partial charge in [0.15, 0.2) is 11.5 Å². The number of amides is 1. The second-order valence-electron chi connectivity index (χ2n) is 5.76. The molecule has 0 atom stereocenters. The summed E-state index contributed by atoms with van der Waals surface area (Å²) in [6.07, 6.45) is 0.767. The van der Waals surface area contributed by atoms with Crippen LogP contribution in [-0.4, -0.2) is 67.6 Å². The third kappa shape index (κ3) is 7.33. The molecule has 0 unspecified atom stereocenters. The first-order chi connectivity index (χ1) is 13.0. The number of benzene rings is 1. The lowest BCUT2D eigenvalue weighted by Gasteiger charge is -2.11. The molecule has 27 heavy (non-hydrogen) atoms. The number of ether oxygens (including phenoxy) is 4. The van der Waals surface area contributed by atoms with Crippen molar-refractivity contribution in [2.75, 3.05) is 53.2 Å². The van der Waals surface area contributed by atoms with Crippen molar-refractivity contribution in [3.8, 4) is 11.5 Å². The molecule has 0 aliphatic carbocycles. The van der Waals surface area contributed by atoms with Crippen LogP contribution in [0.25, 0.3) is 0 Å². The van der Waals surface area contributed by atoms with Crippen molar-refractivity contribution < 1.29 is 32.2 Å². The normalized spacial score (nSPS) is 13.8. The van der Waals surface area contributed by atoms with E-state index in [1.54, 1.807) is 13.2 Å². The predicted octanol–water partition coefficient (Wildman–Crippen LogP) is 0.296. The number of carbonyl (C=O) groups is 1. The van der Waals surface area contributed by atoms with E-state index in [1.165, 1.54) is 12.1 Å². The van der Waals surface area contributed by atoms with E-state index in [1.807, 2.05) is 0 Å². The fraction of sp³-hybridized carbons (Fsp3) is 0.588. The van der Waals surface area contributed by atoms with Gasteiger partial charge in [-0.3, -0.25) is 4.79 Å². The second kappa shape index (κ2) is 11.1. The number of hydrogen-bond donors (Lipinski definition) is 2. The molecule has 1 amide bonds. The first-order valence-corrected chi connectivity index (χ1v) is 10.2. The Labute approximate surface area is 159 Å². The topological polar surface area (TPSA) is 112 Å². The van der Waals surface area contributed by atoms with E-state index in [-0.39, 0.29) is 23.8 Å². The molecule has 0 spiro atoms. The highest BCUT2D eigenvalue weighted by molar-refractivity contribution is 7.89. The van der Waals surface area contributed by atoms with Crippen LogP contribution in [0.3, 0.4) is 0 Å². The van der Waals surface area contributed by atoms with E-state index in [0.29, 0.717) is 51.1 Å². The lowest BCUT2D eigenvalue weighted by atomic mass is 10.3. The molecule has 9 nitrogen and oxygen atoms in total. The third-order valence-corrected chi connectivity index (χ3v) is 5.13. The Balaban J connectivity index is 1.75. The summed E-state index contributed by atoms with van der Waals surface area (Å²) in [5.74, 6) is 0.673. The van der Waals surface area contributed by atoms with Crippen molar-refractivity contribution in [1.82, 2.24) is 10.0 Å². The third-order valence-electron chi connectivity index (χ3n) is 3.67. The number of fused-ring (bicyclic) bond motifs is 1. The van der Waals surface area contributed by atoms with Crippen LogP contribution in [-0.2, 0) is 24.3 Å². The molecule has 0 saturated carbocycles. The quantitative estimate of drug-likeness (QED) is 0.512. The minimum atomic E-state index is -3.74. The number of sulfonamides is 1. The monoisotopic (exact) mass is 402 g/mol. The zero-order valence-corrected chi connectivity index (χ0v) is 16.2. The van der Waals surface area contributed by atoms with Gasteiger partial charge in [0.05, 0.1) is 37.9 Å². The van der Waals surface area contributed by atoms with Crippen LogP contribution in [0.1, 0.15) is 12.8 Å². The molecule has 1 aliphatic rings. The number of hydrogen-bond acceptors (Lipinski definition) is 7. The van der Waals surface area contributed by atoms with Crippen LogP contribution in [0, 0.1) is 0 Å². The summed E-state index contributed by atoms with van der Waals surface area (Å²) in [5.41, 5.74) is 0. The molecule has 1 heterocycles. The Morgan fingerprint density at radius 2 is 1.89 bits per heavy atom. The van der Waals surface area contributed by atoms with Crippen LogP contribution < -0.4 is 19.5 Å². The average molecular weight is 402 g/mol. The largest absolute Gasteiger partial charge is 0.490 e. The summed E-state index contributed by atoms with van der Waals surface area (Å²) in [6, 6.07) is 4.46. The maximum atomic E-state index is 12.4. The van der Waals surface area contributed by atoms with Gasteiger partial charge in [-0.15, -0.1) is 0 Å². The standard InChI is InChI=1S/C17H26N2O7S/c1-23-11-12-24-10-7-18-17(20)5-6-19-27(21,22)14-3-4-15-16(13-14)26-9-2-8-25-15/h3-4,13,19H,2,5-12H2,1H3,(H,18,20). The van der Waals surface area contributed by atoms with E-state index in [2.05, 4.69) is 10.0 Å². The number of carbonyl (C=O) groups excluding carboxylic acids is 1. The summed E-state index contributed by atoms with van der Waals surface area (Å²) in [7, 11) is -2.16. The molecule has 2 rings (SSSR count). The van der Waals surface area contributed by atoms with Crippen molar-refractivity contribution in [3.05, 3.63) is 18.2 Å². The molecule has 2 N–H and O–H groups in total. The van der Waals surface area contributed by atoms with Crippen molar-refractivity contribution in [3.63, 3.8) is 0 Å². The van der Waals surface area contributed by atoms with Crippen LogP contribution in [0.4, 0.5) is 0 Å². The Kier molecular flexibility index (Phi) is 8.79. The van der Waals surface area contributed by atoms with E-state index in [4.69, 9.17) is 18.9 Å². The van der Waals surface area contributed by atoms with Gasteiger partial charge >= 0.3 is 0 Å². The molecule has 0 fully saturated rings. The Morgan fingerprint density at radius 1 is 1.11 bits per heavy atom. The molecule has 0 radical (unpaired) electrons. The van der Waals surface area contributed by atoms with E-state index >= 15 is 0 Å². The second-order valence-corrected chi connectivity index (χ2v) is 7.53. The summed E-state index contributed by atoms with van der Waals surface area (Å²) in [6.45, 7) is 2.68. The fourth-order valence-corrected chi connectivity index (χ4v) is 3.34. The molecule has 1 aliphatic heterocycles. The Bertz CT molecular complexity index is 709. The van der Waals surface area contributed by atoms with Gasteiger partial charge in [-0.25, -0.2) is 13.1 Å². The molecule has 0 bridgehead atoms. The van der Waals surface area contributed by atoms with Crippen LogP contribution in [0.15, 0.2) is 23.1 Å². The molecule has 1 aromatic carbocycles. The van der Waals surface area contributed by atoms with Gasteiger partial charge in [0.2, 0.25) is 15.9 Å². The number of rotatable bonds is 11. The lowest BCUT2D eigenvalue weighted by molar-refractivity contribution is -0.121. The minimum Gasteiger partial charge on any atom is -0.490 e. The van der Waals surface area contributed by atoms with Crippen molar-refractivity contribution >= 4 is 15.9 Å². The van der Waals surface area contributed by atoms with Gasteiger partial charge in [0, 0.05) is 39.1 Å². The summed E-state index contributed by atoms with van der Waals surface area (Å²) in [4.78, 5) is 11.8. The molecule has 152 valence electrons. The summed E-state index contributed by atoms with van der Waals surface area (Å²) >= 11 is 0. The van der Waals surface area contributed by atoms with Crippen LogP contribution >= 0.6 is 0 Å². The zero-order valence-electron chi connectivity index (χ0n) is 15.4. The number of methoxy groups -OCH3 is 1. The van der Waals surface area contributed by atoms with Gasteiger partial charge < -0.3 is 24.3 Å². The Hall–Kier alpha value is -1.88. The molecular weight excluding hydrogens is 376 g/mol. The maximum absolute atomic E-state index is 12.4. The van der Waals surface area contributed by atoms with Crippen molar-refractivity contribution in [1.29, 1.82) is 0 Å². The highest BCUT2D eigenvalue weighted by atomic mass is 32.2. The smallest absolute Gasteiger partial charge is 0.240 e. The molecular formula is C17H26N2O7S. The summed E-state index contributed by atoms with van der Waals surface area (Å²) < 4.78 is 48.2. The maximum Gasteiger partial charge on any atom is 0.240 e. The molecule has 10 heteroatoms. The zero-order chi connectivity index (χ0) is 19.5. The van der Waals surface area contributed by atoms with E-state index < -0.39 is 10.0 Å². The highest BCUT2D eigenvalue weighted by Gasteiger charge is 2.18. The predicted molar refractivity (Wildman–Crippen MR) is 97.6 cm³/mol. The first-order valence-electron chi connectivity index (χ1n) is 8.75. The fourth-order valence-electron chi connectivity index (χ4n) is 2.29. The minimum absolute atomic E-state index is 0.00681. The van der Waals surface area contributed by atoms with Gasteiger partial charge in [0.25, 0.3) is 0 Å². The SMILES string of the molecule is COCCOCCNC(=O)CCNS(=O)(=O)c1ccc2c(c1)OCCCO2. The first kappa shape index (κ1) is 21.4. The Morgan fingerprint density at radius 3 is 2.67 bits per heavy atom. The van der Waals surface area contributed by atoms with Gasteiger partial charge in [-0.1, -0.05) is 0 Å². The molecule has 0 saturated heterocycles.